The molecule has 0 amide bonds. The van der Waals surface area contributed by atoms with Crippen molar-refractivity contribution in [3.8, 4) is 0 Å². The van der Waals surface area contributed by atoms with Gasteiger partial charge in [-0.2, -0.15) is 0 Å². The molecule has 3 atom stereocenters. The minimum atomic E-state index is -0.0859. The summed E-state index contributed by atoms with van der Waals surface area (Å²) in [5.74, 6) is 1.41. The predicted molar refractivity (Wildman–Crippen MR) is 86.0 cm³/mol. The fraction of sp³-hybridized carbons (Fsp3) is 0.412. The Kier molecular flexibility index (Phi) is 2.50. The molecule has 5 rings (SSSR count). The van der Waals surface area contributed by atoms with Crippen molar-refractivity contribution in [3.63, 3.8) is 0 Å². The quantitative estimate of drug-likeness (QED) is 0.875. The predicted octanol–water partition coefficient (Wildman–Crippen LogP) is 2.11. The lowest BCUT2D eigenvalue weighted by Crippen LogP contribution is -2.46. The smallest absolute Gasteiger partial charge is 0.291 e. The molecule has 2 fully saturated rings. The number of rotatable bonds is 1. The van der Waals surface area contributed by atoms with E-state index in [0.717, 1.165) is 30.8 Å². The molecule has 4 heterocycles. The number of nitrogens with zero attached hydrogens (tertiary/aromatic N) is 3. The third-order valence-corrected chi connectivity index (χ3v) is 5.16. The highest BCUT2D eigenvalue weighted by Gasteiger charge is 2.54. The van der Waals surface area contributed by atoms with Gasteiger partial charge >= 0.3 is 0 Å². The lowest BCUT2D eigenvalue weighted by Gasteiger charge is -2.32. The summed E-state index contributed by atoms with van der Waals surface area (Å²) in [6, 6.07) is 10.9. The highest BCUT2D eigenvalue weighted by molar-refractivity contribution is 5.92. The summed E-state index contributed by atoms with van der Waals surface area (Å²) in [6.45, 7) is 4.16. The van der Waals surface area contributed by atoms with Gasteiger partial charge in [0.05, 0.1) is 6.54 Å². The number of amidine groups is 1. The maximum absolute atomic E-state index is 6.22. The Morgan fingerprint density at radius 2 is 2.18 bits per heavy atom. The molecule has 3 aliphatic rings. The van der Waals surface area contributed by atoms with Crippen LogP contribution in [0.5, 0.6) is 0 Å². The van der Waals surface area contributed by atoms with Gasteiger partial charge in [0, 0.05) is 30.6 Å². The molecule has 3 aliphatic heterocycles. The van der Waals surface area contributed by atoms with Gasteiger partial charge in [-0.05, 0) is 24.4 Å². The molecule has 0 saturated carbocycles. The number of piperidine rings is 1. The summed E-state index contributed by atoms with van der Waals surface area (Å²) in [7, 11) is 0. The molecule has 0 unspecified atom stereocenters. The van der Waals surface area contributed by atoms with E-state index in [2.05, 4.69) is 32.3 Å². The van der Waals surface area contributed by atoms with Crippen LogP contribution in [0.4, 0.5) is 5.82 Å². The van der Waals surface area contributed by atoms with Gasteiger partial charge in [-0.15, -0.1) is 0 Å². The van der Waals surface area contributed by atoms with Crippen LogP contribution in [0.15, 0.2) is 41.5 Å². The molecule has 112 valence electrons. The summed E-state index contributed by atoms with van der Waals surface area (Å²) in [5, 5.41) is 5.55. The SMILES string of the molecule is c1ccc2cc(NC3=NC[C@@]4(C[N@@]5CC[C@@H]4C5)O3)ncc2c1. The number of aromatic nitrogens is 1. The van der Waals surface area contributed by atoms with Gasteiger partial charge in [0.2, 0.25) is 0 Å². The first-order chi connectivity index (χ1) is 10.8. The van der Waals surface area contributed by atoms with Crippen LogP contribution in [0, 0.1) is 5.92 Å². The Bertz CT molecular complexity index is 774. The summed E-state index contributed by atoms with van der Waals surface area (Å²) in [4.78, 5) is 11.5. The van der Waals surface area contributed by atoms with Crippen molar-refractivity contribution in [1.82, 2.24) is 9.88 Å². The number of hydrogen-bond acceptors (Lipinski definition) is 5. The number of benzene rings is 1. The van der Waals surface area contributed by atoms with Crippen LogP contribution in [0.2, 0.25) is 0 Å². The third kappa shape index (κ3) is 1.82. The molecule has 1 aromatic heterocycles. The number of fused-ring (bicyclic) bond motifs is 4. The fourth-order valence-electron chi connectivity index (χ4n) is 4.00. The van der Waals surface area contributed by atoms with Crippen LogP contribution in [-0.2, 0) is 4.74 Å². The van der Waals surface area contributed by atoms with Crippen LogP contribution in [-0.4, -0.2) is 47.7 Å². The van der Waals surface area contributed by atoms with E-state index in [1.807, 2.05) is 24.4 Å². The zero-order chi connectivity index (χ0) is 14.6. The van der Waals surface area contributed by atoms with E-state index in [0.29, 0.717) is 11.9 Å². The van der Waals surface area contributed by atoms with Crippen molar-refractivity contribution in [1.29, 1.82) is 0 Å². The second-order valence-electron chi connectivity index (χ2n) is 6.55. The van der Waals surface area contributed by atoms with Crippen molar-refractivity contribution in [2.24, 2.45) is 10.9 Å². The lowest BCUT2D eigenvalue weighted by molar-refractivity contribution is 0.0364. The Balaban J connectivity index is 1.36. The number of pyridine rings is 1. The number of hydrogen-bond donors (Lipinski definition) is 1. The maximum atomic E-state index is 6.22. The zero-order valence-electron chi connectivity index (χ0n) is 12.3. The van der Waals surface area contributed by atoms with Crippen molar-refractivity contribution in [2.45, 2.75) is 12.0 Å². The molecule has 0 radical (unpaired) electrons. The first-order valence-electron chi connectivity index (χ1n) is 7.88. The van der Waals surface area contributed by atoms with E-state index in [4.69, 9.17) is 4.74 Å². The molecule has 0 aliphatic carbocycles. The highest BCUT2D eigenvalue weighted by atomic mass is 16.5. The Hall–Kier alpha value is -2.14. The number of ether oxygens (including phenoxy) is 1. The normalized spacial score (nSPS) is 32.5. The number of anilines is 1. The van der Waals surface area contributed by atoms with Gasteiger partial charge in [-0.1, -0.05) is 24.3 Å². The van der Waals surface area contributed by atoms with Gasteiger partial charge in [-0.3, -0.25) is 10.2 Å². The number of aliphatic imine (C=N–C) groups is 1. The topological polar surface area (TPSA) is 49.8 Å². The molecule has 1 aromatic carbocycles. The van der Waals surface area contributed by atoms with Crippen LogP contribution < -0.4 is 5.32 Å². The molecule has 1 spiro atoms. The van der Waals surface area contributed by atoms with Gasteiger partial charge < -0.3 is 4.74 Å². The Labute approximate surface area is 129 Å². The standard InChI is InChI=1S/C17H18N4O/c1-2-4-13-8-18-15(7-12(13)3-1)20-16-19-10-17(22-16)11-21-6-5-14(17)9-21/h1-4,7-8,14H,5-6,9-11H2,(H,18,19,20)/t14-,17+/m1/s1. The Morgan fingerprint density at radius 3 is 3.00 bits per heavy atom. The molecule has 5 heteroatoms. The van der Waals surface area contributed by atoms with Crippen LogP contribution >= 0.6 is 0 Å². The molecule has 22 heavy (non-hydrogen) atoms. The number of nitrogens with one attached hydrogen (secondary N) is 1. The van der Waals surface area contributed by atoms with Crippen LogP contribution in [0.25, 0.3) is 10.8 Å². The lowest BCUT2D eigenvalue weighted by atomic mass is 9.88. The van der Waals surface area contributed by atoms with Crippen LogP contribution in [0.1, 0.15) is 6.42 Å². The zero-order valence-corrected chi connectivity index (χ0v) is 12.3. The highest BCUT2D eigenvalue weighted by Crippen LogP contribution is 2.41. The average molecular weight is 294 g/mol. The van der Waals surface area contributed by atoms with E-state index in [-0.39, 0.29) is 5.60 Å². The van der Waals surface area contributed by atoms with Gasteiger partial charge in [0.15, 0.2) is 0 Å². The van der Waals surface area contributed by atoms with Crippen molar-refractivity contribution < 1.29 is 4.74 Å². The Morgan fingerprint density at radius 1 is 1.27 bits per heavy atom. The first kappa shape index (κ1) is 12.4. The van der Waals surface area contributed by atoms with E-state index < -0.39 is 0 Å². The van der Waals surface area contributed by atoms with Crippen molar-refractivity contribution in [3.05, 3.63) is 36.5 Å². The summed E-state index contributed by atoms with van der Waals surface area (Å²) in [5.41, 5.74) is -0.0859. The van der Waals surface area contributed by atoms with Crippen LogP contribution in [0.3, 0.4) is 0 Å². The van der Waals surface area contributed by atoms with Crippen molar-refractivity contribution in [2.75, 3.05) is 31.5 Å². The molecule has 2 saturated heterocycles. The molecule has 1 N–H and O–H groups in total. The average Bonchev–Trinajstić information content (AvgIpc) is 3.24. The molecule has 2 bridgehead atoms. The summed E-state index contributed by atoms with van der Waals surface area (Å²) < 4.78 is 6.22. The van der Waals surface area contributed by atoms with E-state index >= 15 is 0 Å². The van der Waals surface area contributed by atoms with Crippen molar-refractivity contribution >= 4 is 22.6 Å². The van der Waals surface area contributed by atoms with E-state index in [1.165, 1.54) is 18.4 Å². The monoisotopic (exact) mass is 294 g/mol. The fourth-order valence-corrected chi connectivity index (χ4v) is 4.00. The maximum Gasteiger partial charge on any atom is 0.291 e. The second-order valence-corrected chi connectivity index (χ2v) is 6.55. The molecular formula is C17H18N4O. The van der Waals surface area contributed by atoms with Gasteiger partial charge in [-0.25, -0.2) is 9.98 Å². The molecular weight excluding hydrogens is 276 g/mol. The molecule has 5 nitrogen and oxygen atoms in total. The first-order valence-corrected chi connectivity index (χ1v) is 7.88. The second kappa shape index (κ2) is 4.43. The summed E-state index contributed by atoms with van der Waals surface area (Å²) >= 11 is 0. The van der Waals surface area contributed by atoms with E-state index in [1.54, 1.807) is 0 Å². The third-order valence-electron chi connectivity index (χ3n) is 5.16. The summed E-state index contributed by atoms with van der Waals surface area (Å²) in [6.07, 6.45) is 3.11. The van der Waals surface area contributed by atoms with Gasteiger partial charge in [0.25, 0.3) is 6.02 Å². The minimum Gasteiger partial charge on any atom is -0.455 e. The molecule has 2 aromatic rings. The van der Waals surface area contributed by atoms with E-state index in [9.17, 15) is 0 Å². The van der Waals surface area contributed by atoms with Gasteiger partial charge in [0.1, 0.15) is 11.4 Å². The minimum absolute atomic E-state index is 0.0859. The largest absolute Gasteiger partial charge is 0.455 e.